The number of hydrogen-bond acceptors (Lipinski definition) is 5. The number of thioether (sulfide) groups is 1. The Morgan fingerprint density at radius 1 is 1.21 bits per heavy atom. The fourth-order valence-corrected chi connectivity index (χ4v) is 4.64. The van der Waals surface area contributed by atoms with Crippen molar-refractivity contribution in [2.45, 2.75) is 11.8 Å². The van der Waals surface area contributed by atoms with Crippen molar-refractivity contribution in [1.82, 2.24) is 14.8 Å². The number of para-hydroxylation sites is 1. The van der Waals surface area contributed by atoms with Crippen molar-refractivity contribution in [3.8, 4) is 5.13 Å². The van der Waals surface area contributed by atoms with E-state index in [9.17, 15) is 4.79 Å². The van der Waals surface area contributed by atoms with E-state index >= 15 is 0 Å². The molecule has 0 aliphatic heterocycles. The zero-order valence-corrected chi connectivity index (χ0v) is 17.8. The second-order valence-corrected chi connectivity index (χ2v) is 8.86. The highest BCUT2D eigenvalue weighted by Crippen LogP contribution is 2.31. The quantitative estimate of drug-likeness (QED) is 0.390. The molecule has 2 heterocycles. The van der Waals surface area contributed by atoms with Crippen LogP contribution < -0.4 is 5.32 Å². The fraction of sp³-hybridized carbons (Fsp3) is 0.105. The fourth-order valence-electron chi connectivity index (χ4n) is 2.59. The molecule has 2 aromatic carbocycles. The lowest BCUT2D eigenvalue weighted by atomic mass is 10.3. The van der Waals surface area contributed by atoms with Crippen molar-refractivity contribution in [2.24, 2.45) is 0 Å². The average Bonchev–Trinajstić information content (AvgIpc) is 3.25. The Hall–Kier alpha value is -2.06. The Morgan fingerprint density at radius 3 is 2.75 bits per heavy atom. The van der Waals surface area contributed by atoms with Gasteiger partial charge in [-0.3, -0.25) is 4.79 Å². The van der Waals surface area contributed by atoms with Gasteiger partial charge in [-0.25, -0.2) is 4.98 Å². The summed E-state index contributed by atoms with van der Waals surface area (Å²) in [7, 11) is 0. The molecule has 142 valence electrons. The van der Waals surface area contributed by atoms with Crippen molar-refractivity contribution < 1.29 is 4.79 Å². The first-order valence-electron chi connectivity index (χ1n) is 8.30. The van der Waals surface area contributed by atoms with E-state index in [2.05, 4.69) is 15.4 Å². The number of carbonyl (C=O) groups is 1. The Kier molecular flexibility index (Phi) is 5.59. The van der Waals surface area contributed by atoms with Gasteiger partial charge in [0.1, 0.15) is 11.3 Å². The van der Waals surface area contributed by atoms with Crippen LogP contribution in [-0.4, -0.2) is 26.4 Å². The third kappa shape index (κ3) is 4.17. The highest BCUT2D eigenvalue weighted by molar-refractivity contribution is 8.00. The third-order valence-corrected chi connectivity index (χ3v) is 6.39. The maximum Gasteiger partial charge on any atom is 0.235 e. The molecule has 0 saturated heterocycles. The van der Waals surface area contributed by atoms with Crippen LogP contribution in [0.1, 0.15) is 5.69 Å². The normalized spacial score (nSPS) is 11.1. The van der Waals surface area contributed by atoms with E-state index in [4.69, 9.17) is 23.2 Å². The number of benzene rings is 2. The number of carbonyl (C=O) groups excluding carboxylic acids is 1. The minimum Gasteiger partial charge on any atom is -0.310 e. The summed E-state index contributed by atoms with van der Waals surface area (Å²) < 4.78 is 2.60. The van der Waals surface area contributed by atoms with E-state index in [1.807, 2.05) is 37.3 Å². The summed E-state index contributed by atoms with van der Waals surface area (Å²) in [6.07, 6.45) is 0. The SMILES string of the molecule is Cc1cc(NC(=O)CSc2ccc(Cl)cc2)n(-c2nc3c(Cl)cccc3s2)n1. The number of halogens is 2. The van der Waals surface area contributed by atoms with Crippen LogP contribution in [0, 0.1) is 6.92 Å². The lowest BCUT2D eigenvalue weighted by Gasteiger charge is -2.06. The van der Waals surface area contributed by atoms with Gasteiger partial charge in [0, 0.05) is 16.0 Å². The summed E-state index contributed by atoms with van der Waals surface area (Å²) in [6, 6.07) is 14.9. The Bertz CT molecular complexity index is 1150. The second kappa shape index (κ2) is 8.13. The van der Waals surface area contributed by atoms with Crippen molar-refractivity contribution in [3.63, 3.8) is 0 Å². The van der Waals surface area contributed by atoms with Gasteiger partial charge in [0.25, 0.3) is 0 Å². The van der Waals surface area contributed by atoms with Crippen LogP contribution in [0.2, 0.25) is 10.0 Å². The molecule has 28 heavy (non-hydrogen) atoms. The molecule has 1 amide bonds. The van der Waals surface area contributed by atoms with E-state index in [1.54, 1.807) is 22.9 Å². The molecule has 1 N–H and O–H groups in total. The first-order chi connectivity index (χ1) is 13.5. The van der Waals surface area contributed by atoms with Gasteiger partial charge in [-0.1, -0.05) is 40.6 Å². The first-order valence-corrected chi connectivity index (χ1v) is 10.9. The largest absolute Gasteiger partial charge is 0.310 e. The van der Waals surface area contributed by atoms with Crippen LogP contribution in [0.3, 0.4) is 0 Å². The summed E-state index contributed by atoms with van der Waals surface area (Å²) in [5.41, 5.74) is 1.51. The minimum absolute atomic E-state index is 0.125. The van der Waals surface area contributed by atoms with Crippen LogP contribution in [0.25, 0.3) is 15.3 Å². The molecule has 4 aromatic rings. The van der Waals surface area contributed by atoms with Gasteiger partial charge >= 0.3 is 0 Å². The zero-order chi connectivity index (χ0) is 19.7. The number of fused-ring (bicyclic) bond motifs is 1. The summed E-state index contributed by atoms with van der Waals surface area (Å²) in [5.74, 6) is 0.729. The highest BCUT2D eigenvalue weighted by Gasteiger charge is 2.15. The molecule has 9 heteroatoms. The van der Waals surface area contributed by atoms with Crippen LogP contribution in [0.4, 0.5) is 5.82 Å². The molecule has 0 unspecified atom stereocenters. The molecule has 0 saturated carbocycles. The van der Waals surface area contributed by atoms with Crippen molar-refractivity contribution in [2.75, 3.05) is 11.1 Å². The summed E-state index contributed by atoms with van der Waals surface area (Å²) in [5, 5.41) is 9.30. The van der Waals surface area contributed by atoms with Gasteiger partial charge in [-0.05, 0) is 43.3 Å². The molecule has 5 nitrogen and oxygen atoms in total. The molecule has 2 aromatic heterocycles. The predicted octanol–water partition coefficient (Wildman–Crippen LogP) is 5.83. The van der Waals surface area contributed by atoms with Gasteiger partial charge in [-0.15, -0.1) is 11.8 Å². The number of nitrogens with one attached hydrogen (secondary N) is 1. The molecule has 0 spiro atoms. The first kappa shape index (κ1) is 19.3. The smallest absolute Gasteiger partial charge is 0.235 e. The van der Waals surface area contributed by atoms with Crippen LogP contribution in [-0.2, 0) is 4.79 Å². The summed E-state index contributed by atoms with van der Waals surface area (Å²) in [4.78, 5) is 18.0. The number of aryl methyl sites for hydroxylation is 1. The highest BCUT2D eigenvalue weighted by atomic mass is 35.5. The number of aromatic nitrogens is 3. The molecule has 0 aliphatic rings. The van der Waals surface area contributed by atoms with Gasteiger partial charge in [0.2, 0.25) is 11.0 Å². The lowest BCUT2D eigenvalue weighted by molar-refractivity contribution is -0.113. The number of hydrogen-bond donors (Lipinski definition) is 1. The molecular weight excluding hydrogens is 435 g/mol. The molecule has 4 rings (SSSR count). The number of rotatable bonds is 5. The molecule has 0 radical (unpaired) electrons. The Morgan fingerprint density at radius 2 is 2.00 bits per heavy atom. The van der Waals surface area contributed by atoms with Gasteiger partial charge in [-0.2, -0.15) is 9.78 Å². The van der Waals surface area contributed by atoms with Crippen molar-refractivity contribution in [1.29, 1.82) is 0 Å². The van der Waals surface area contributed by atoms with E-state index in [0.29, 0.717) is 21.0 Å². The number of thiazole rings is 1. The molecule has 0 fully saturated rings. The maximum atomic E-state index is 12.4. The van der Waals surface area contributed by atoms with Crippen molar-refractivity contribution >= 4 is 68.2 Å². The zero-order valence-electron chi connectivity index (χ0n) is 14.6. The average molecular weight is 449 g/mol. The summed E-state index contributed by atoms with van der Waals surface area (Å²) in [6.45, 7) is 1.87. The molecular formula is C19H14Cl2N4OS2. The van der Waals surface area contributed by atoms with E-state index in [1.165, 1.54) is 23.1 Å². The molecule has 0 bridgehead atoms. The maximum absolute atomic E-state index is 12.4. The van der Waals surface area contributed by atoms with Crippen molar-refractivity contribution in [3.05, 3.63) is 64.3 Å². The minimum atomic E-state index is -0.125. The predicted molar refractivity (Wildman–Crippen MR) is 117 cm³/mol. The van der Waals surface area contributed by atoms with Gasteiger partial charge in [0.05, 0.1) is 21.2 Å². The van der Waals surface area contributed by atoms with Crippen LogP contribution in [0.15, 0.2) is 53.4 Å². The van der Waals surface area contributed by atoms with E-state index in [0.717, 1.165) is 20.8 Å². The topological polar surface area (TPSA) is 59.8 Å². The van der Waals surface area contributed by atoms with Gasteiger partial charge < -0.3 is 5.32 Å². The molecule has 0 atom stereocenters. The molecule has 0 aliphatic carbocycles. The standard InChI is InChI=1S/C19H14Cl2N4OS2/c1-11-9-16(22-17(26)10-27-13-7-5-12(20)6-8-13)25(24-11)19-23-18-14(21)3-2-4-15(18)28-19/h2-9H,10H2,1H3,(H,22,26). The summed E-state index contributed by atoms with van der Waals surface area (Å²) >= 11 is 15.0. The lowest BCUT2D eigenvalue weighted by Crippen LogP contribution is -2.16. The third-order valence-electron chi connectivity index (χ3n) is 3.82. The van der Waals surface area contributed by atoms with E-state index < -0.39 is 0 Å². The van der Waals surface area contributed by atoms with E-state index in [-0.39, 0.29) is 11.7 Å². The Balaban J connectivity index is 1.53. The Labute approximate surface area is 179 Å². The van der Waals surface area contributed by atoms with Crippen LogP contribution >= 0.6 is 46.3 Å². The van der Waals surface area contributed by atoms with Gasteiger partial charge in [0.15, 0.2) is 0 Å². The van der Waals surface area contributed by atoms with Crippen LogP contribution in [0.5, 0.6) is 0 Å². The number of anilines is 1. The number of amides is 1. The number of nitrogens with zero attached hydrogens (tertiary/aromatic N) is 3. The second-order valence-electron chi connectivity index (χ2n) is 5.96. The monoisotopic (exact) mass is 448 g/mol.